The van der Waals surface area contributed by atoms with E-state index in [9.17, 15) is 43.2 Å². The predicted molar refractivity (Wildman–Crippen MR) is 69.2 cm³/mol. The van der Waals surface area contributed by atoms with E-state index in [-0.39, 0.29) is 0 Å². The molecule has 0 aromatic carbocycles. The number of rotatable bonds is 4. The molecule has 17 heteroatoms. The Morgan fingerprint density at radius 3 is 1.77 bits per heavy atom. The third kappa shape index (κ3) is 6.86. The predicted octanol–water partition coefficient (Wildman–Crippen LogP) is 0.882. The standard InChI is InChI=1S/C7H7N4.C2F6NO4S2/c8-1-3-10-5-6-11(7-10)4-2-9;3-1(4,5)14(10,11)9-15(12,13)2(6,7)8/h5-7H,3-4H2;/q+1;-1. The molecule has 1 aromatic rings. The summed E-state index contributed by atoms with van der Waals surface area (Å²) >= 11 is 0. The number of imidazole rings is 1. The van der Waals surface area contributed by atoms with Crippen LogP contribution in [0, 0.1) is 22.7 Å². The quantitative estimate of drug-likeness (QED) is 0.516. The van der Waals surface area contributed by atoms with Crippen LogP contribution >= 0.6 is 0 Å². The average Bonchev–Trinajstić information content (AvgIpc) is 2.84. The summed E-state index contributed by atoms with van der Waals surface area (Å²) in [5.74, 6) is 0. The molecule has 0 atom stereocenters. The molecule has 9 nitrogen and oxygen atoms in total. The van der Waals surface area contributed by atoms with Gasteiger partial charge in [0.15, 0.2) is 33.1 Å². The summed E-state index contributed by atoms with van der Waals surface area (Å²) in [5, 5.41) is 16.6. The first-order valence-corrected chi connectivity index (χ1v) is 8.61. The van der Waals surface area contributed by atoms with E-state index < -0.39 is 31.1 Å². The van der Waals surface area contributed by atoms with Crippen molar-refractivity contribution < 1.29 is 47.7 Å². The van der Waals surface area contributed by atoms with Crippen LogP contribution in [-0.2, 0) is 33.1 Å². The maximum atomic E-state index is 11.4. The fraction of sp³-hybridized carbons (Fsp3) is 0.444. The second-order valence-corrected chi connectivity index (χ2v) is 7.41. The fourth-order valence-electron chi connectivity index (χ4n) is 1.00. The van der Waals surface area contributed by atoms with Crippen molar-refractivity contribution >= 4 is 20.0 Å². The van der Waals surface area contributed by atoms with E-state index in [1.54, 1.807) is 27.9 Å². The minimum atomic E-state index is -6.72. The van der Waals surface area contributed by atoms with Gasteiger partial charge < -0.3 is 4.13 Å². The summed E-state index contributed by atoms with van der Waals surface area (Å²) in [6, 6.07) is 4.01. The molecule has 1 rings (SSSR count). The molecular weight excluding hydrogens is 420 g/mol. The molecule has 0 saturated heterocycles. The molecule has 0 aliphatic heterocycles. The fourth-order valence-corrected chi connectivity index (χ4v) is 2.71. The molecule has 0 saturated carbocycles. The number of sulfonamides is 2. The van der Waals surface area contributed by atoms with Crippen LogP contribution in [0.15, 0.2) is 18.7 Å². The zero-order valence-electron chi connectivity index (χ0n) is 12.1. The number of hydrogen-bond acceptors (Lipinski definition) is 6. The number of nitriles is 2. The van der Waals surface area contributed by atoms with E-state index in [4.69, 9.17) is 10.5 Å². The summed E-state index contributed by atoms with van der Waals surface area (Å²) in [7, 11) is -13.4. The first kappa shape index (κ1) is 23.6. The summed E-state index contributed by atoms with van der Waals surface area (Å²) in [4.78, 5) is 0. The Labute approximate surface area is 142 Å². The van der Waals surface area contributed by atoms with E-state index >= 15 is 0 Å². The molecular formula is C9H7F6N5O4S2. The molecule has 0 unspecified atom stereocenters. The van der Waals surface area contributed by atoms with Gasteiger partial charge in [-0.3, -0.25) is 0 Å². The van der Waals surface area contributed by atoms with E-state index in [2.05, 4.69) is 0 Å². The molecule has 26 heavy (non-hydrogen) atoms. The van der Waals surface area contributed by atoms with Gasteiger partial charge in [-0.15, -0.1) is 0 Å². The lowest BCUT2D eigenvalue weighted by molar-refractivity contribution is -0.684. The first-order chi connectivity index (χ1) is 11.6. The smallest absolute Gasteiger partial charge is 0.421 e. The summed E-state index contributed by atoms with van der Waals surface area (Å²) < 4.78 is 113. The zero-order valence-corrected chi connectivity index (χ0v) is 13.7. The third-order valence-corrected chi connectivity index (χ3v) is 4.77. The first-order valence-electron chi connectivity index (χ1n) is 5.73. The number of halogens is 6. The number of hydrogen-bond donors (Lipinski definition) is 0. The number of aromatic nitrogens is 2. The lowest BCUT2D eigenvalue weighted by Crippen LogP contribution is -2.30. The molecule has 1 heterocycles. The molecule has 0 radical (unpaired) electrons. The Bertz CT molecular complexity index is 832. The van der Waals surface area contributed by atoms with Gasteiger partial charge in [0.2, 0.25) is 6.33 Å². The molecule has 1 aromatic heterocycles. The minimum Gasteiger partial charge on any atom is -0.421 e. The van der Waals surface area contributed by atoms with Crippen LogP contribution in [0.2, 0.25) is 0 Å². The van der Waals surface area contributed by atoms with Crippen LogP contribution in [0.3, 0.4) is 0 Å². The Morgan fingerprint density at radius 2 is 1.42 bits per heavy atom. The minimum absolute atomic E-state index is 0.332. The molecule has 0 spiro atoms. The molecule has 0 fully saturated rings. The van der Waals surface area contributed by atoms with Crippen LogP contribution in [0.5, 0.6) is 0 Å². The van der Waals surface area contributed by atoms with Crippen LogP contribution < -0.4 is 4.57 Å². The number of nitrogens with zero attached hydrogens (tertiary/aromatic N) is 5. The van der Waals surface area contributed by atoms with Gasteiger partial charge in [0.25, 0.3) is 0 Å². The van der Waals surface area contributed by atoms with Gasteiger partial charge >= 0.3 is 11.0 Å². The van der Waals surface area contributed by atoms with E-state index in [1.807, 2.05) is 12.1 Å². The van der Waals surface area contributed by atoms with Gasteiger partial charge in [-0.1, -0.05) is 0 Å². The topological polar surface area (TPSA) is 139 Å². The highest BCUT2D eigenvalue weighted by atomic mass is 32.3. The van der Waals surface area contributed by atoms with Crippen molar-refractivity contribution in [2.24, 2.45) is 0 Å². The van der Waals surface area contributed by atoms with Crippen molar-refractivity contribution in [2.75, 3.05) is 0 Å². The Balaban J connectivity index is 0.000000502. The van der Waals surface area contributed by atoms with Crippen LogP contribution in [0.25, 0.3) is 4.13 Å². The maximum absolute atomic E-state index is 11.4. The second-order valence-electron chi connectivity index (χ2n) is 3.99. The van der Waals surface area contributed by atoms with Gasteiger partial charge in [0.05, 0.1) is 0 Å². The lowest BCUT2D eigenvalue weighted by atomic mass is 10.7. The van der Waals surface area contributed by atoms with Crippen LogP contribution in [0.1, 0.15) is 0 Å². The second kappa shape index (κ2) is 8.34. The molecule has 0 bridgehead atoms. The van der Waals surface area contributed by atoms with Crippen LogP contribution in [0.4, 0.5) is 26.3 Å². The summed E-state index contributed by atoms with van der Waals surface area (Å²) in [5.41, 5.74) is -12.4. The summed E-state index contributed by atoms with van der Waals surface area (Å²) in [6.45, 7) is 0.664. The monoisotopic (exact) mass is 427 g/mol. The van der Waals surface area contributed by atoms with Crippen molar-refractivity contribution in [2.45, 2.75) is 24.1 Å². The van der Waals surface area contributed by atoms with E-state index in [0.717, 1.165) is 4.13 Å². The normalized spacial score (nSPS) is 12.5. The Hall–Kier alpha value is -2.37. The van der Waals surface area contributed by atoms with Gasteiger partial charge in [-0.05, 0) is 0 Å². The van der Waals surface area contributed by atoms with Crippen molar-refractivity contribution in [1.29, 1.82) is 10.5 Å². The van der Waals surface area contributed by atoms with Crippen molar-refractivity contribution in [3.63, 3.8) is 0 Å². The highest BCUT2D eigenvalue weighted by Gasteiger charge is 2.46. The van der Waals surface area contributed by atoms with E-state index in [1.165, 1.54) is 0 Å². The molecule has 0 amide bonds. The van der Waals surface area contributed by atoms with Crippen molar-refractivity contribution in [1.82, 2.24) is 4.57 Å². The molecule has 0 aliphatic carbocycles. The number of alkyl halides is 6. The molecule has 0 aliphatic rings. The van der Waals surface area contributed by atoms with Crippen molar-refractivity contribution in [3.05, 3.63) is 22.8 Å². The Morgan fingerprint density at radius 1 is 0.962 bits per heavy atom. The van der Waals surface area contributed by atoms with Crippen LogP contribution in [-0.4, -0.2) is 32.4 Å². The summed E-state index contributed by atoms with van der Waals surface area (Å²) in [6.07, 6.45) is 5.26. The average molecular weight is 427 g/mol. The SMILES string of the molecule is N#CCn1cc[n+](CC#N)c1.O=S(=O)([N-]S(=O)(=O)C(F)(F)F)C(F)(F)F. The van der Waals surface area contributed by atoms with Crippen molar-refractivity contribution in [3.8, 4) is 12.1 Å². The largest absolute Gasteiger partial charge is 0.480 e. The van der Waals surface area contributed by atoms with Gasteiger partial charge in [-0.25, -0.2) is 26.0 Å². The van der Waals surface area contributed by atoms with E-state index in [0.29, 0.717) is 13.1 Å². The lowest BCUT2D eigenvalue weighted by Gasteiger charge is -2.22. The highest BCUT2D eigenvalue weighted by Crippen LogP contribution is 2.36. The molecule has 146 valence electrons. The van der Waals surface area contributed by atoms with Gasteiger partial charge in [0, 0.05) is 0 Å². The van der Waals surface area contributed by atoms with Gasteiger partial charge in [0.1, 0.15) is 24.5 Å². The third-order valence-electron chi connectivity index (χ3n) is 2.03. The Kier molecular flexibility index (Phi) is 7.58. The molecule has 0 N–H and O–H groups in total. The maximum Gasteiger partial charge on any atom is 0.480 e. The van der Waals surface area contributed by atoms with Gasteiger partial charge in [-0.2, -0.15) is 36.9 Å². The zero-order chi connectivity index (χ0) is 20.8. The highest BCUT2D eigenvalue weighted by molar-refractivity contribution is 8.13.